The highest BCUT2D eigenvalue weighted by Gasteiger charge is 2.23. The quantitative estimate of drug-likeness (QED) is 0.807. The fraction of sp³-hybridized carbons (Fsp3) is 0.917. The summed E-state index contributed by atoms with van der Waals surface area (Å²) >= 11 is 2.02. The first-order chi connectivity index (χ1) is 8.27. The molecule has 2 heterocycles. The normalized spacial score (nSPS) is 29.6. The number of hydrogen-bond donors (Lipinski definition) is 1. The molecule has 5 heteroatoms. The Kier molecular flexibility index (Phi) is 5.13. The van der Waals surface area contributed by atoms with E-state index >= 15 is 0 Å². The van der Waals surface area contributed by atoms with Crippen molar-refractivity contribution in [3.8, 4) is 0 Å². The molecule has 0 aliphatic carbocycles. The number of hydrogen-bond acceptors (Lipinski definition) is 4. The number of thioether (sulfide) groups is 1. The molecule has 0 aromatic heterocycles. The van der Waals surface area contributed by atoms with Gasteiger partial charge in [0.25, 0.3) is 0 Å². The molecule has 0 aromatic rings. The molecule has 1 N–H and O–H groups in total. The number of morpholine rings is 1. The zero-order valence-corrected chi connectivity index (χ0v) is 11.3. The van der Waals surface area contributed by atoms with E-state index in [9.17, 15) is 4.79 Å². The van der Waals surface area contributed by atoms with Crippen molar-refractivity contribution in [1.29, 1.82) is 0 Å². The molecule has 98 valence electrons. The van der Waals surface area contributed by atoms with Gasteiger partial charge in [-0.25, -0.2) is 0 Å². The van der Waals surface area contributed by atoms with Crippen LogP contribution in [0.1, 0.15) is 19.8 Å². The van der Waals surface area contributed by atoms with E-state index in [1.807, 2.05) is 16.7 Å². The minimum atomic E-state index is 0.263. The third-order valence-corrected chi connectivity index (χ3v) is 4.81. The highest BCUT2D eigenvalue weighted by atomic mass is 32.2. The van der Waals surface area contributed by atoms with Crippen LogP contribution in [0.5, 0.6) is 0 Å². The van der Waals surface area contributed by atoms with Crippen molar-refractivity contribution >= 4 is 17.7 Å². The van der Waals surface area contributed by atoms with Crippen molar-refractivity contribution in [2.45, 2.75) is 31.1 Å². The Morgan fingerprint density at radius 1 is 1.47 bits per heavy atom. The molecule has 2 saturated heterocycles. The maximum atomic E-state index is 11.9. The third kappa shape index (κ3) is 3.86. The standard InChI is InChI=1S/C12H22N2O2S/c1-10-11(3-9-17-10)13-4-2-12(15)14-5-7-16-8-6-14/h10-11,13H,2-9H2,1H3. The van der Waals surface area contributed by atoms with Crippen LogP contribution in [-0.4, -0.2) is 60.7 Å². The van der Waals surface area contributed by atoms with Gasteiger partial charge in [0.05, 0.1) is 13.2 Å². The monoisotopic (exact) mass is 258 g/mol. The van der Waals surface area contributed by atoms with Gasteiger partial charge < -0.3 is 15.0 Å². The van der Waals surface area contributed by atoms with Crippen LogP contribution in [0.3, 0.4) is 0 Å². The van der Waals surface area contributed by atoms with Crippen molar-refractivity contribution in [2.24, 2.45) is 0 Å². The molecule has 2 unspecified atom stereocenters. The molecular formula is C12H22N2O2S. The molecule has 0 spiro atoms. The lowest BCUT2D eigenvalue weighted by Crippen LogP contribution is -2.42. The third-order valence-electron chi connectivity index (χ3n) is 3.49. The van der Waals surface area contributed by atoms with Crippen LogP contribution in [-0.2, 0) is 9.53 Å². The molecule has 0 bridgehead atoms. The first kappa shape index (κ1) is 13.2. The second-order valence-electron chi connectivity index (χ2n) is 4.67. The Bertz CT molecular complexity index is 257. The summed E-state index contributed by atoms with van der Waals surface area (Å²) in [5, 5.41) is 4.19. The fourth-order valence-corrected chi connectivity index (χ4v) is 3.56. The summed E-state index contributed by atoms with van der Waals surface area (Å²) in [5.74, 6) is 1.51. The van der Waals surface area contributed by atoms with Gasteiger partial charge >= 0.3 is 0 Å². The Morgan fingerprint density at radius 2 is 2.24 bits per heavy atom. The second-order valence-corrected chi connectivity index (χ2v) is 6.15. The zero-order valence-electron chi connectivity index (χ0n) is 10.5. The predicted octanol–water partition coefficient (Wildman–Crippen LogP) is 0.719. The van der Waals surface area contributed by atoms with Gasteiger partial charge in [0, 0.05) is 37.3 Å². The van der Waals surface area contributed by atoms with Gasteiger partial charge in [-0.3, -0.25) is 4.79 Å². The molecule has 1 amide bonds. The maximum Gasteiger partial charge on any atom is 0.224 e. The lowest BCUT2D eigenvalue weighted by molar-refractivity contribution is -0.135. The Balaban J connectivity index is 1.62. The Labute approximate surface area is 107 Å². The average Bonchev–Trinajstić information content (AvgIpc) is 2.76. The van der Waals surface area contributed by atoms with E-state index in [0.29, 0.717) is 30.9 Å². The van der Waals surface area contributed by atoms with Gasteiger partial charge in [-0.05, 0) is 12.2 Å². The number of rotatable bonds is 4. The van der Waals surface area contributed by atoms with Crippen LogP contribution < -0.4 is 5.32 Å². The van der Waals surface area contributed by atoms with E-state index < -0.39 is 0 Å². The summed E-state index contributed by atoms with van der Waals surface area (Å²) in [6.45, 7) is 5.97. The van der Waals surface area contributed by atoms with Crippen LogP contribution in [0.25, 0.3) is 0 Å². The van der Waals surface area contributed by atoms with Crippen LogP contribution >= 0.6 is 11.8 Å². The molecular weight excluding hydrogens is 236 g/mol. The summed E-state index contributed by atoms with van der Waals surface area (Å²) in [5.41, 5.74) is 0. The second kappa shape index (κ2) is 6.61. The van der Waals surface area contributed by atoms with E-state index in [1.165, 1.54) is 12.2 Å². The average molecular weight is 258 g/mol. The number of nitrogens with one attached hydrogen (secondary N) is 1. The van der Waals surface area contributed by atoms with E-state index in [1.54, 1.807) is 0 Å². The minimum absolute atomic E-state index is 0.263. The maximum absolute atomic E-state index is 11.9. The molecule has 2 aliphatic heterocycles. The van der Waals surface area contributed by atoms with Gasteiger partial charge in [-0.1, -0.05) is 6.92 Å². The van der Waals surface area contributed by atoms with Crippen molar-refractivity contribution in [3.05, 3.63) is 0 Å². The van der Waals surface area contributed by atoms with E-state index in [0.717, 1.165) is 19.6 Å². The summed E-state index contributed by atoms with van der Waals surface area (Å²) < 4.78 is 5.24. The largest absolute Gasteiger partial charge is 0.378 e. The van der Waals surface area contributed by atoms with Gasteiger partial charge in [0.15, 0.2) is 0 Å². The number of ether oxygens (including phenoxy) is 1. The summed E-state index contributed by atoms with van der Waals surface area (Å²) in [6, 6.07) is 0.595. The van der Waals surface area contributed by atoms with Crippen molar-refractivity contribution in [2.75, 3.05) is 38.6 Å². The minimum Gasteiger partial charge on any atom is -0.378 e. The van der Waals surface area contributed by atoms with Gasteiger partial charge in [0.1, 0.15) is 0 Å². The molecule has 2 aliphatic rings. The topological polar surface area (TPSA) is 41.6 Å². The van der Waals surface area contributed by atoms with Crippen molar-refractivity contribution in [3.63, 3.8) is 0 Å². The predicted molar refractivity (Wildman–Crippen MR) is 70.3 cm³/mol. The number of carbonyl (C=O) groups is 1. The summed E-state index contributed by atoms with van der Waals surface area (Å²) in [4.78, 5) is 13.8. The van der Waals surface area contributed by atoms with Crippen molar-refractivity contribution < 1.29 is 9.53 Å². The molecule has 4 nitrogen and oxygen atoms in total. The number of carbonyl (C=O) groups excluding carboxylic acids is 1. The lowest BCUT2D eigenvalue weighted by atomic mass is 10.1. The van der Waals surface area contributed by atoms with Crippen LogP contribution in [0.15, 0.2) is 0 Å². The van der Waals surface area contributed by atoms with Gasteiger partial charge in [-0.2, -0.15) is 11.8 Å². The first-order valence-corrected chi connectivity index (χ1v) is 7.53. The SMILES string of the molecule is CC1SCCC1NCCC(=O)N1CCOCC1. The Morgan fingerprint density at radius 3 is 2.88 bits per heavy atom. The van der Waals surface area contributed by atoms with Gasteiger partial charge in [0.2, 0.25) is 5.91 Å². The lowest BCUT2D eigenvalue weighted by Gasteiger charge is -2.27. The molecule has 17 heavy (non-hydrogen) atoms. The molecule has 0 aromatic carbocycles. The summed E-state index contributed by atoms with van der Waals surface area (Å²) in [6.07, 6.45) is 1.85. The molecule has 0 radical (unpaired) electrons. The first-order valence-electron chi connectivity index (χ1n) is 6.48. The highest BCUT2D eigenvalue weighted by Crippen LogP contribution is 2.25. The van der Waals surface area contributed by atoms with Crippen molar-refractivity contribution in [1.82, 2.24) is 10.2 Å². The fourth-order valence-electron chi connectivity index (χ4n) is 2.34. The van der Waals surface area contributed by atoms with Crippen LogP contribution in [0.2, 0.25) is 0 Å². The summed E-state index contributed by atoms with van der Waals surface area (Å²) in [7, 11) is 0. The highest BCUT2D eigenvalue weighted by molar-refractivity contribution is 8.00. The van der Waals surface area contributed by atoms with E-state index in [2.05, 4.69) is 12.2 Å². The number of amides is 1. The molecule has 2 rings (SSSR count). The Hall–Kier alpha value is -0.260. The number of nitrogens with zero attached hydrogens (tertiary/aromatic N) is 1. The molecule has 2 fully saturated rings. The van der Waals surface area contributed by atoms with E-state index in [4.69, 9.17) is 4.74 Å². The van der Waals surface area contributed by atoms with Gasteiger partial charge in [-0.15, -0.1) is 0 Å². The molecule has 2 atom stereocenters. The van der Waals surface area contributed by atoms with Crippen LogP contribution in [0.4, 0.5) is 0 Å². The molecule has 0 saturated carbocycles. The van der Waals surface area contributed by atoms with Crippen LogP contribution in [0, 0.1) is 0 Å². The van der Waals surface area contributed by atoms with E-state index in [-0.39, 0.29) is 5.91 Å². The zero-order chi connectivity index (χ0) is 12.1. The smallest absolute Gasteiger partial charge is 0.224 e.